The first-order valence-electron chi connectivity index (χ1n) is 6.58. The smallest absolute Gasteiger partial charge is 0.321 e. The van der Waals surface area contributed by atoms with Gasteiger partial charge in [0.05, 0.1) is 0 Å². The number of piperidine rings is 1. The molecule has 4 nitrogen and oxygen atoms in total. The molecule has 2 amide bonds. The minimum Gasteiger partial charge on any atom is -0.325 e. The van der Waals surface area contributed by atoms with Crippen LogP contribution in [0.15, 0.2) is 18.2 Å². The lowest BCUT2D eigenvalue weighted by atomic mass is 10.1. The van der Waals surface area contributed by atoms with Gasteiger partial charge in [0.2, 0.25) is 0 Å². The van der Waals surface area contributed by atoms with Crippen LogP contribution in [-0.2, 0) is 0 Å². The van der Waals surface area contributed by atoms with Crippen LogP contribution >= 0.6 is 11.6 Å². The number of nitrogens with one attached hydrogen (secondary N) is 2. The maximum atomic E-state index is 12.2. The highest BCUT2D eigenvalue weighted by Crippen LogP contribution is 2.20. The number of aryl methyl sites for hydroxylation is 1. The molecule has 2 N–H and O–H groups in total. The minimum atomic E-state index is -0.0770. The van der Waals surface area contributed by atoms with Gasteiger partial charge >= 0.3 is 6.03 Å². The first kappa shape index (κ1) is 14.2. The summed E-state index contributed by atoms with van der Waals surface area (Å²) in [6.45, 7) is 3.88. The Balaban J connectivity index is 1.97. The number of amides is 2. The summed E-state index contributed by atoms with van der Waals surface area (Å²) in [5.74, 6) is 0. The van der Waals surface area contributed by atoms with E-state index in [-0.39, 0.29) is 6.03 Å². The molecule has 0 spiro atoms. The molecule has 1 heterocycles. The topological polar surface area (TPSA) is 44.4 Å². The fourth-order valence-corrected chi connectivity index (χ4v) is 2.42. The van der Waals surface area contributed by atoms with Gasteiger partial charge in [0.15, 0.2) is 0 Å². The lowest BCUT2D eigenvalue weighted by Crippen LogP contribution is -2.45. The summed E-state index contributed by atoms with van der Waals surface area (Å²) in [6.07, 6.45) is 2.00. The number of halogens is 1. The third-order valence-electron chi connectivity index (χ3n) is 3.60. The second-order valence-electron chi connectivity index (χ2n) is 4.99. The molecule has 1 aliphatic heterocycles. The lowest BCUT2D eigenvalue weighted by Gasteiger charge is -2.31. The first-order chi connectivity index (χ1) is 9.08. The molecule has 1 fully saturated rings. The molecule has 0 atom stereocenters. The molecular weight excluding hydrogens is 262 g/mol. The summed E-state index contributed by atoms with van der Waals surface area (Å²) in [6, 6.07) is 5.79. The predicted molar refractivity (Wildman–Crippen MR) is 78.9 cm³/mol. The second-order valence-corrected chi connectivity index (χ2v) is 5.39. The number of hydrogen-bond acceptors (Lipinski definition) is 2. The van der Waals surface area contributed by atoms with E-state index in [0.717, 1.165) is 37.2 Å². The summed E-state index contributed by atoms with van der Waals surface area (Å²) >= 11 is 6.05. The molecular formula is C14H20ClN3O. The Morgan fingerprint density at radius 3 is 2.74 bits per heavy atom. The normalized spacial score (nSPS) is 16.2. The highest BCUT2D eigenvalue weighted by atomic mass is 35.5. The van der Waals surface area contributed by atoms with Crippen molar-refractivity contribution < 1.29 is 4.79 Å². The van der Waals surface area contributed by atoms with Crippen molar-refractivity contribution in [3.05, 3.63) is 28.8 Å². The molecule has 1 saturated heterocycles. The monoisotopic (exact) mass is 281 g/mol. The average Bonchev–Trinajstić information content (AvgIpc) is 2.43. The molecule has 5 heteroatoms. The Morgan fingerprint density at radius 2 is 2.11 bits per heavy atom. The van der Waals surface area contributed by atoms with Gasteiger partial charge in [-0.05, 0) is 50.6 Å². The zero-order valence-corrected chi connectivity index (χ0v) is 12.1. The zero-order chi connectivity index (χ0) is 13.8. The van der Waals surface area contributed by atoms with E-state index in [0.29, 0.717) is 11.1 Å². The van der Waals surface area contributed by atoms with Crippen LogP contribution in [-0.4, -0.2) is 37.1 Å². The van der Waals surface area contributed by atoms with Gasteiger partial charge in [-0.3, -0.25) is 0 Å². The van der Waals surface area contributed by atoms with Crippen LogP contribution in [0.1, 0.15) is 18.4 Å². The fourth-order valence-electron chi connectivity index (χ4n) is 2.24. The highest BCUT2D eigenvalue weighted by molar-refractivity contribution is 6.31. The van der Waals surface area contributed by atoms with E-state index in [4.69, 9.17) is 11.6 Å². The average molecular weight is 282 g/mol. The number of carbonyl (C=O) groups excluding carboxylic acids is 1. The van der Waals surface area contributed by atoms with Gasteiger partial charge in [0.25, 0.3) is 0 Å². The Bertz CT molecular complexity index is 458. The van der Waals surface area contributed by atoms with E-state index in [1.807, 2.05) is 26.1 Å². The highest BCUT2D eigenvalue weighted by Gasteiger charge is 2.21. The van der Waals surface area contributed by atoms with Crippen LogP contribution in [0.4, 0.5) is 10.5 Å². The molecule has 0 aliphatic carbocycles. The first-order valence-corrected chi connectivity index (χ1v) is 6.96. The van der Waals surface area contributed by atoms with E-state index < -0.39 is 0 Å². The van der Waals surface area contributed by atoms with Crippen LogP contribution in [0.3, 0.4) is 0 Å². The third kappa shape index (κ3) is 3.61. The van der Waals surface area contributed by atoms with E-state index in [2.05, 4.69) is 10.6 Å². The molecule has 1 aromatic carbocycles. The number of carbonyl (C=O) groups is 1. The summed E-state index contributed by atoms with van der Waals surface area (Å²) in [5, 5.41) is 6.85. The van der Waals surface area contributed by atoms with Gasteiger partial charge in [0, 0.05) is 23.8 Å². The summed E-state index contributed by atoms with van der Waals surface area (Å²) in [5.41, 5.74) is 1.74. The molecule has 0 aromatic heterocycles. The van der Waals surface area contributed by atoms with Crippen LogP contribution < -0.4 is 10.6 Å². The van der Waals surface area contributed by atoms with Crippen LogP contribution in [0, 0.1) is 6.92 Å². The fraction of sp³-hybridized carbons (Fsp3) is 0.500. The summed E-state index contributed by atoms with van der Waals surface area (Å²) in [4.78, 5) is 13.9. The molecule has 0 saturated carbocycles. The van der Waals surface area contributed by atoms with Crippen molar-refractivity contribution in [3.8, 4) is 0 Å². The third-order valence-corrected chi connectivity index (χ3v) is 4.01. The Hall–Kier alpha value is -1.26. The zero-order valence-electron chi connectivity index (χ0n) is 11.4. The molecule has 1 aromatic rings. The maximum Gasteiger partial charge on any atom is 0.321 e. The van der Waals surface area contributed by atoms with Gasteiger partial charge in [-0.1, -0.05) is 17.7 Å². The Kier molecular flexibility index (Phi) is 4.66. The SMILES string of the molecule is Cc1ccc(NC(=O)N(C)C2CCNCC2)cc1Cl. The molecule has 2 rings (SSSR count). The number of rotatable bonds is 2. The molecule has 19 heavy (non-hydrogen) atoms. The van der Waals surface area contributed by atoms with Crippen molar-refractivity contribution in [2.24, 2.45) is 0 Å². The van der Waals surface area contributed by atoms with E-state index in [9.17, 15) is 4.79 Å². The number of benzene rings is 1. The largest absolute Gasteiger partial charge is 0.325 e. The van der Waals surface area contributed by atoms with Crippen molar-refractivity contribution in [2.75, 3.05) is 25.5 Å². The second kappa shape index (κ2) is 6.26. The standard InChI is InChI=1S/C14H20ClN3O/c1-10-3-4-11(9-13(10)15)17-14(19)18(2)12-5-7-16-8-6-12/h3-4,9,12,16H,5-8H2,1-2H3,(H,17,19). The van der Waals surface area contributed by atoms with Gasteiger partial charge in [-0.25, -0.2) is 4.79 Å². The quantitative estimate of drug-likeness (QED) is 0.875. The van der Waals surface area contributed by atoms with Crippen molar-refractivity contribution in [1.82, 2.24) is 10.2 Å². The van der Waals surface area contributed by atoms with E-state index in [1.165, 1.54) is 0 Å². The number of hydrogen-bond donors (Lipinski definition) is 2. The van der Waals surface area contributed by atoms with Gasteiger partial charge < -0.3 is 15.5 Å². The number of anilines is 1. The molecule has 0 radical (unpaired) electrons. The Labute approximate surface area is 119 Å². The summed E-state index contributed by atoms with van der Waals surface area (Å²) in [7, 11) is 1.85. The van der Waals surface area contributed by atoms with Gasteiger partial charge in [-0.2, -0.15) is 0 Å². The number of nitrogens with zero attached hydrogens (tertiary/aromatic N) is 1. The molecule has 0 bridgehead atoms. The minimum absolute atomic E-state index is 0.0770. The van der Waals surface area contributed by atoms with Crippen molar-refractivity contribution in [2.45, 2.75) is 25.8 Å². The number of urea groups is 1. The van der Waals surface area contributed by atoms with Crippen molar-refractivity contribution in [1.29, 1.82) is 0 Å². The maximum absolute atomic E-state index is 12.2. The van der Waals surface area contributed by atoms with Crippen LogP contribution in [0.5, 0.6) is 0 Å². The molecule has 104 valence electrons. The molecule has 0 unspecified atom stereocenters. The van der Waals surface area contributed by atoms with Crippen molar-refractivity contribution in [3.63, 3.8) is 0 Å². The Morgan fingerprint density at radius 1 is 1.42 bits per heavy atom. The van der Waals surface area contributed by atoms with Crippen LogP contribution in [0.2, 0.25) is 5.02 Å². The van der Waals surface area contributed by atoms with E-state index in [1.54, 1.807) is 11.0 Å². The van der Waals surface area contributed by atoms with Crippen molar-refractivity contribution >= 4 is 23.3 Å². The predicted octanol–water partition coefficient (Wildman–Crippen LogP) is 2.86. The lowest BCUT2D eigenvalue weighted by molar-refractivity contribution is 0.189. The molecule has 1 aliphatic rings. The van der Waals surface area contributed by atoms with Gasteiger partial charge in [-0.15, -0.1) is 0 Å². The van der Waals surface area contributed by atoms with Crippen LogP contribution in [0.25, 0.3) is 0 Å². The van der Waals surface area contributed by atoms with E-state index >= 15 is 0 Å². The van der Waals surface area contributed by atoms with Gasteiger partial charge in [0.1, 0.15) is 0 Å². The summed E-state index contributed by atoms with van der Waals surface area (Å²) < 4.78 is 0.